The van der Waals surface area contributed by atoms with Gasteiger partial charge in [-0.3, -0.25) is 4.79 Å². The number of fused-ring (bicyclic) bond motifs is 3. The van der Waals surface area contributed by atoms with Gasteiger partial charge in [-0.2, -0.15) is 4.68 Å². The molecule has 1 aromatic heterocycles. The molecule has 4 rings (SSSR count). The highest BCUT2D eigenvalue weighted by molar-refractivity contribution is 5.85. The van der Waals surface area contributed by atoms with Crippen LogP contribution in [-0.4, -0.2) is 20.7 Å². The maximum Gasteiger partial charge on any atom is 0.252 e. The van der Waals surface area contributed by atoms with E-state index < -0.39 is 0 Å². The van der Waals surface area contributed by atoms with E-state index in [1.165, 1.54) is 6.42 Å². The minimum Gasteiger partial charge on any atom is -0.272 e. The average molecular weight is 253 g/mol. The molecule has 1 aliphatic heterocycles. The van der Waals surface area contributed by atoms with Crippen molar-refractivity contribution < 1.29 is 4.79 Å². The van der Waals surface area contributed by atoms with Crippen LogP contribution in [0, 0.1) is 5.92 Å². The molecule has 2 atom stereocenters. The Bertz CT molecular complexity index is 632. The number of nitrogens with zero attached hydrogens (tertiary/aromatic N) is 3. The number of carbonyl (C=O) groups is 1. The molecule has 19 heavy (non-hydrogen) atoms. The molecule has 4 nitrogen and oxygen atoms in total. The number of hydrogen-bond donors (Lipinski definition) is 0. The lowest BCUT2D eigenvalue weighted by molar-refractivity contribution is 0.0817. The van der Waals surface area contributed by atoms with Crippen molar-refractivity contribution in [1.82, 2.24) is 14.8 Å². The van der Waals surface area contributed by atoms with Gasteiger partial charge < -0.3 is 0 Å². The lowest BCUT2D eigenvalue weighted by Crippen LogP contribution is -2.20. The van der Waals surface area contributed by atoms with Crippen LogP contribution in [0.2, 0.25) is 0 Å². The zero-order valence-electron chi connectivity index (χ0n) is 10.6. The maximum atomic E-state index is 12.3. The molecule has 1 fully saturated rings. The van der Waals surface area contributed by atoms with E-state index in [-0.39, 0.29) is 11.8 Å². The third-order valence-electron chi connectivity index (χ3n) is 4.29. The van der Waals surface area contributed by atoms with E-state index in [9.17, 15) is 4.79 Å². The van der Waals surface area contributed by atoms with Crippen molar-refractivity contribution in [3.8, 4) is 11.4 Å². The summed E-state index contributed by atoms with van der Waals surface area (Å²) < 4.78 is 1.56. The van der Waals surface area contributed by atoms with Crippen LogP contribution in [0.3, 0.4) is 0 Å². The molecular formula is C15H15N3O. The Morgan fingerprint density at radius 1 is 1.05 bits per heavy atom. The van der Waals surface area contributed by atoms with Crippen molar-refractivity contribution in [1.29, 1.82) is 0 Å². The third kappa shape index (κ3) is 1.56. The van der Waals surface area contributed by atoms with Crippen LogP contribution < -0.4 is 0 Å². The zero-order valence-corrected chi connectivity index (χ0v) is 10.6. The van der Waals surface area contributed by atoms with Crippen molar-refractivity contribution in [2.24, 2.45) is 5.92 Å². The fraction of sp³-hybridized carbons (Fsp3) is 0.400. The number of carbonyl (C=O) groups excluding carboxylic acids is 1. The molecule has 96 valence electrons. The first-order valence-electron chi connectivity index (χ1n) is 6.91. The highest BCUT2D eigenvalue weighted by Gasteiger charge is 2.43. The Morgan fingerprint density at radius 2 is 1.79 bits per heavy atom. The van der Waals surface area contributed by atoms with Crippen LogP contribution in [0.4, 0.5) is 0 Å². The summed E-state index contributed by atoms with van der Waals surface area (Å²) in [5.74, 6) is 2.13. The SMILES string of the molecule is O=C1C2CCCCC2c2nc(-c3ccccc3)nn21. The van der Waals surface area contributed by atoms with E-state index in [2.05, 4.69) is 10.1 Å². The molecule has 0 bridgehead atoms. The average Bonchev–Trinajstić information content (AvgIpc) is 3.01. The molecule has 4 heteroatoms. The van der Waals surface area contributed by atoms with Gasteiger partial charge in [0.15, 0.2) is 5.82 Å². The largest absolute Gasteiger partial charge is 0.272 e. The van der Waals surface area contributed by atoms with Gasteiger partial charge in [0.1, 0.15) is 5.82 Å². The second-order valence-corrected chi connectivity index (χ2v) is 5.41. The Balaban J connectivity index is 1.78. The van der Waals surface area contributed by atoms with Crippen molar-refractivity contribution in [2.75, 3.05) is 0 Å². The summed E-state index contributed by atoms with van der Waals surface area (Å²) in [5, 5.41) is 4.42. The number of benzene rings is 1. The number of hydrogen-bond acceptors (Lipinski definition) is 3. The van der Waals surface area contributed by atoms with Crippen LogP contribution in [0.15, 0.2) is 30.3 Å². The van der Waals surface area contributed by atoms with Crippen LogP contribution in [0.1, 0.15) is 42.2 Å². The van der Waals surface area contributed by atoms with Crippen molar-refractivity contribution >= 4 is 5.91 Å². The van der Waals surface area contributed by atoms with E-state index in [1.807, 2.05) is 30.3 Å². The maximum absolute atomic E-state index is 12.3. The van der Waals surface area contributed by atoms with Crippen molar-refractivity contribution in [3.63, 3.8) is 0 Å². The molecule has 1 aromatic carbocycles. The van der Waals surface area contributed by atoms with Crippen LogP contribution in [0.25, 0.3) is 11.4 Å². The Morgan fingerprint density at radius 3 is 2.58 bits per heavy atom. The Labute approximate surface area is 111 Å². The lowest BCUT2D eigenvalue weighted by Gasteiger charge is -2.21. The molecule has 2 unspecified atom stereocenters. The molecule has 0 saturated heterocycles. The predicted molar refractivity (Wildman–Crippen MR) is 70.8 cm³/mol. The lowest BCUT2D eigenvalue weighted by atomic mass is 9.80. The standard InChI is InChI=1S/C15H15N3O/c19-15-12-9-5-4-8-11(12)14-16-13(17-18(14)15)10-6-2-1-3-7-10/h1-3,6-7,11-12H,4-5,8-9H2. The van der Waals surface area contributed by atoms with E-state index in [1.54, 1.807) is 4.68 Å². The molecule has 1 aliphatic carbocycles. The highest BCUT2D eigenvalue weighted by atomic mass is 16.2. The monoisotopic (exact) mass is 253 g/mol. The summed E-state index contributed by atoms with van der Waals surface area (Å²) in [5.41, 5.74) is 0.976. The Kier molecular flexibility index (Phi) is 2.31. The molecule has 2 heterocycles. The van der Waals surface area contributed by atoms with Crippen LogP contribution >= 0.6 is 0 Å². The summed E-state index contributed by atoms with van der Waals surface area (Å²) in [4.78, 5) is 17.0. The van der Waals surface area contributed by atoms with Crippen LogP contribution in [0.5, 0.6) is 0 Å². The molecular weight excluding hydrogens is 238 g/mol. The van der Waals surface area contributed by atoms with E-state index >= 15 is 0 Å². The minimum atomic E-state index is 0.133. The molecule has 0 spiro atoms. The minimum absolute atomic E-state index is 0.133. The zero-order chi connectivity index (χ0) is 12.8. The third-order valence-corrected chi connectivity index (χ3v) is 4.29. The number of rotatable bonds is 1. The molecule has 0 radical (unpaired) electrons. The first-order chi connectivity index (χ1) is 9.34. The van der Waals surface area contributed by atoms with E-state index in [4.69, 9.17) is 0 Å². The highest BCUT2D eigenvalue weighted by Crippen LogP contribution is 2.42. The van der Waals surface area contributed by atoms with Gasteiger partial charge in [-0.05, 0) is 12.8 Å². The van der Waals surface area contributed by atoms with Gasteiger partial charge in [-0.1, -0.05) is 43.2 Å². The van der Waals surface area contributed by atoms with Gasteiger partial charge in [0.25, 0.3) is 5.91 Å². The summed E-state index contributed by atoms with van der Waals surface area (Å²) in [7, 11) is 0. The fourth-order valence-corrected chi connectivity index (χ4v) is 3.33. The van der Waals surface area contributed by atoms with Gasteiger partial charge in [0.05, 0.1) is 5.92 Å². The smallest absolute Gasteiger partial charge is 0.252 e. The van der Waals surface area contributed by atoms with Crippen molar-refractivity contribution in [3.05, 3.63) is 36.2 Å². The summed E-state index contributed by atoms with van der Waals surface area (Å²) >= 11 is 0. The predicted octanol–water partition coefficient (Wildman–Crippen LogP) is 2.87. The van der Waals surface area contributed by atoms with Gasteiger partial charge in [-0.15, -0.1) is 5.10 Å². The van der Waals surface area contributed by atoms with Gasteiger partial charge in [-0.25, -0.2) is 4.98 Å². The summed E-state index contributed by atoms with van der Waals surface area (Å²) in [6.45, 7) is 0. The Hall–Kier alpha value is -1.97. The molecule has 1 saturated carbocycles. The summed E-state index contributed by atoms with van der Waals surface area (Å²) in [6, 6.07) is 9.86. The summed E-state index contributed by atoms with van der Waals surface area (Å²) in [6.07, 6.45) is 4.42. The van der Waals surface area contributed by atoms with E-state index in [0.717, 1.165) is 30.7 Å². The molecule has 2 aromatic rings. The van der Waals surface area contributed by atoms with E-state index in [0.29, 0.717) is 11.7 Å². The second kappa shape index (κ2) is 4.02. The van der Waals surface area contributed by atoms with Crippen LogP contribution in [-0.2, 0) is 0 Å². The van der Waals surface area contributed by atoms with Gasteiger partial charge in [0.2, 0.25) is 0 Å². The molecule has 0 amide bonds. The fourth-order valence-electron chi connectivity index (χ4n) is 3.33. The first-order valence-corrected chi connectivity index (χ1v) is 6.91. The molecule has 2 aliphatic rings. The van der Waals surface area contributed by atoms with Crippen molar-refractivity contribution in [2.45, 2.75) is 31.6 Å². The second-order valence-electron chi connectivity index (χ2n) is 5.41. The van der Waals surface area contributed by atoms with Gasteiger partial charge in [0, 0.05) is 11.5 Å². The molecule has 0 N–H and O–H groups in total. The van der Waals surface area contributed by atoms with Gasteiger partial charge >= 0.3 is 0 Å². The normalized spacial score (nSPS) is 25.2. The number of aromatic nitrogens is 3. The first kappa shape index (κ1) is 10.9. The quantitative estimate of drug-likeness (QED) is 0.785. The topological polar surface area (TPSA) is 47.8 Å².